The van der Waals surface area contributed by atoms with Gasteiger partial charge in [0.25, 0.3) is 0 Å². The van der Waals surface area contributed by atoms with Crippen LogP contribution in [0.1, 0.15) is 11.1 Å². The molecule has 1 nitrogen and oxygen atoms in total. The quantitative estimate of drug-likeness (QED) is 0.769. The van der Waals surface area contributed by atoms with Crippen LogP contribution < -0.4 is 5.32 Å². The fourth-order valence-electron chi connectivity index (χ4n) is 1.26. The van der Waals surface area contributed by atoms with Crippen molar-refractivity contribution in [1.29, 1.82) is 0 Å². The average molecular weight is 213 g/mol. The van der Waals surface area contributed by atoms with Crippen molar-refractivity contribution in [2.75, 3.05) is 5.88 Å². The van der Waals surface area contributed by atoms with Crippen LogP contribution in [-0.2, 0) is 0 Å². The predicted octanol–water partition coefficient (Wildman–Crippen LogP) is 2.87. The Morgan fingerprint density at radius 3 is 2.43 bits per heavy atom. The summed E-state index contributed by atoms with van der Waals surface area (Å²) >= 11 is 1.57. The fraction of sp³-hybridized carbons (Fsp3) is 0.200. The van der Waals surface area contributed by atoms with Gasteiger partial charge in [-0.3, -0.25) is 0 Å². The summed E-state index contributed by atoms with van der Waals surface area (Å²) in [5.41, 5.74) is 1.42. The minimum absolute atomic E-state index is 0.0694. The van der Waals surface area contributed by atoms with Gasteiger partial charge in [0.15, 0.2) is 0 Å². The highest BCUT2D eigenvalue weighted by atomic mass is 32.2. The van der Waals surface area contributed by atoms with E-state index in [0.29, 0.717) is 5.56 Å². The lowest BCUT2D eigenvalue weighted by Crippen LogP contribution is -2.06. The molecule has 4 heteroatoms. The van der Waals surface area contributed by atoms with Crippen LogP contribution in [0.3, 0.4) is 0 Å². The summed E-state index contributed by atoms with van der Waals surface area (Å²) in [6, 6.07) is 2.70. The van der Waals surface area contributed by atoms with Crippen molar-refractivity contribution in [1.82, 2.24) is 5.32 Å². The number of thioether (sulfide) groups is 1. The summed E-state index contributed by atoms with van der Waals surface area (Å²) in [5.74, 6) is -0.244. The van der Waals surface area contributed by atoms with E-state index in [9.17, 15) is 8.78 Å². The number of hydrogen-bond acceptors (Lipinski definition) is 2. The maximum absolute atomic E-state index is 13.2. The highest BCUT2D eigenvalue weighted by Gasteiger charge is 2.11. The van der Waals surface area contributed by atoms with E-state index >= 15 is 0 Å². The maximum Gasteiger partial charge on any atom is 0.129 e. The van der Waals surface area contributed by atoms with E-state index in [2.05, 4.69) is 5.32 Å². The molecule has 0 spiro atoms. The summed E-state index contributed by atoms with van der Waals surface area (Å²) in [6.45, 7) is 1.43. The SMILES string of the molecule is Cc1c(F)cc(C2=CSCN2)cc1F. The zero-order valence-electron chi connectivity index (χ0n) is 7.60. The highest BCUT2D eigenvalue weighted by molar-refractivity contribution is 8.02. The van der Waals surface area contributed by atoms with Gasteiger partial charge in [-0.1, -0.05) is 0 Å². The molecule has 1 heterocycles. The third-order valence-corrected chi connectivity index (χ3v) is 2.85. The van der Waals surface area contributed by atoms with Crippen LogP contribution >= 0.6 is 11.8 Å². The van der Waals surface area contributed by atoms with Gasteiger partial charge in [0.1, 0.15) is 11.6 Å². The Kier molecular flexibility index (Phi) is 2.46. The first-order chi connectivity index (χ1) is 6.68. The van der Waals surface area contributed by atoms with Crippen LogP contribution in [0.25, 0.3) is 5.70 Å². The molecule has 1 N–H and O–H groups in total. The highest BCUT2D eigenvalue weighted by Crippen LogP contribution is 2.24. The number of nitrogens with one attached hydrogen (secondary N) is 1. The fourth-order valence-corrected chi connectivity index (χ4v) is 1.97. The molecule has 0 aromatic heterocycles. The number of hydrogen-bond donors (Lipinski definition) is 1. The standard InChI is InChI=1S/C10H9F2NS/c1-6-8(11)2-7(3-9(6)12)10-4-14-5-13-10/h2-4,13H,5H2,1H3. The maximum atomic E-state index is 13.2. The molecule has 0 saturated carbocycles. The molecule has 0 fully saturated rings. The second-order valence-electron chi connectivity index (χ2n) is 3.08. The van der Waals surface area contributed by atoms with Gasteiger partial charge in [-0.2, -0.15) is 0 Å². The second kappa shape index (κ2) is 3.61. The molecule has 0 aliphatic carbocycles. The molecular formula is C10H9F2NS. The van der Waals surface area contributed by atoms with Crippen molar-refractivity contribution in [3.05, 3.63) is 40.3 Å². The lowest BCUT2D eigenvalue weighted by molar-refractivity contribution is 0.567. The van der Waals surface area contributed by atoms with Crippen molar-refractivity contribution >= 4 is 17.5 Å². The van der Waals surface area contributed by atoms with Crippen LogP contribution in [-0.4, -0.2) is 5.88 Å². The van der Waals surface area contributed by atoms with Gasteiger partial charge in [0.2, 0.25) is 0 Å². The molecule has 0 atom stereocenters. The zero-order valence-corrected chi connectivity index (χ0v) is 8.42. The van der Waals surface area contributed by atoms with Gasteiger partial charge in [-0.25, -0.2) is 8.78 Å². The third kappa shape index (κ3) is 1.62. The Bertz CT molecular complexity index is 378. The van der Waals surface area contributed by atoms with E-state index in [1.54, 1.807) is 11.8 Å². The topological polar surface area (TPSA) is 12.0 Å². The van der Waals surface area contributed by atoms with Crippen molar-refractivity contribution in [2.45, 2.75) is 6.92 Å². The predicted molar refractivity (Wildman–Crippen MR) is 54.7 cm³/mol. The van der Waals surface area contributed by atoms with E-state index in [1.165, 1.54) is 19.1 Å². The van der Waals surface area contributed by atoms with Gasteiger partial charge >= 0.3 is 0 Å². The average Bonchev–Trinajstić information content (AvgIpc) is 2.66. The van der Waals surface area contributed by atoms with Gasteiger partial charge in [0, 0.05) is 16.8 Å². The summed E-state index contributed by atoms with van der Waals surface area (Å²) in [5, 5.41) is 4.90. The van der Waals surface area contributed by atoms with Gasteiger partial charge in [-0.05, 0) is 24.5 Å². The Labute approximate surface area is 85.2 Å². The minimum Gasteiger partial charge on any atom is -0.375 e. The van der Waals surface area contributed by atoms with Gasteiger partial charge in [0.05, 0.1) is 5.88 Å². The molecule has 74 valence electrons. The molecule has 0 unspecified atom stereocenters. The van der Waals surface area contributed by atoms with E-state index in [1.807, 2.05) is 5.41 Å². The van der Waals surface area contributed by atoms with Crippen molar-refractivity contribution in [2.24, 2.45) is 0 Å². The molecule has 0 radical (unpaired) electrons. The smallest absolute Gasteiger partial charge is 0.129 e. The summed E-state index contributed by atoms with van der Waals surface area (Å²) in [7, 11) is 0. The van der Waals surface area contributed by atoms with Gasteiger partial charge in [-0.15, -0.1) is 11.8 Å². The second-order valence-corrected chi connectivity index (χ2v) is 3.94. The molecule has 14 heavy (non-hydrogen) atoms. The Morgan fingerprint density at radius 1 is 1.29 bits per heavy atom. The first-order valence-electron chi connectivity index (χ1n) is 4.20. The van der Waals surface area contributed by atoms with Gasteiger partial charge < -0.3 is 5.32 Å². The van der Waals surface area contributed by atoms with E-state index in [-0.39, 0.29) is 5.56 Å². The van der Waals surface area contributed by atoms with Crippen molar-refractivity contribution in [3.8, 4) is 0 Å². The summed E-state index contributed by atoms with van der Waals surface area (Å²) in [6.07, 6.45) is 0. The lowest BCUT2D eigenvalue weighted by Gasteiger charge is -2.06. The van der Waals surface area contributed by atoms with Crippen LogP contribution in [0.15, 0.2) is 17.5 Å². The molecule has 1 aliphatic rings. The van der Waals surface area contributed by atoms with Crippen LogP contribution in [0.4, 0.5) is 8.78 Å². The number of rotatable bonds is 1. The largest absolute Gasteiger partial charge is 0.375 e. The van der Waals surface area contributed by atoms with E-state index < -0.39 is 11.6 Å². The first-order valence-corrected chi connectivity index (χ1v) is 5.25. The molecule has 1 aromatic carbocycles. The van der Waals surface area contributed by atoms with Crippen LogP contribution in [0.2, 0.25) is 0 Å². The molecular weight excluding hydrogens is 204 g/mol. The molecule has 1 aromatic rings. The van der Waals surface area contributed by atoms with Crippen LogP contribution in [0.5, 0.6) is 0 Å². The molecule has 0 amide bonds. The van der Waals surface area contributed by atoms with Crippen LogP contribution in [0, 0.1) is 18.6 Å². The normalized spacial score (nSPS) is 15.2. The molecule has 0 saturated heterocycles. The minimum atomic E-state index is -0.500. The molecule has 0 bridgehead atoms. The first kappa shape index (κ1) is 9.52. The number of halogens is 2. The summed E-state index contributed by atoms with van der Waals surface area (Å²) < 4.78 is 26.4. The third-order valence-electron chi connectivity index (χ3n) is 2.14. The summed E-state index contributed by atoms with van der Waals surface area (Å²) in [4.78, 5) is 0. The number of benzene rings is 1. The molecule has 1 aliphatic heterocycles. The Morgan fingerprint density at radius 2 is 1.93 bits per heavy atom. The zero-order chi connectivity index (χ0) is 10.1. The monoisotopic (exact) mass is 213 g/mol. The Hall–Kier alpha value is -1.03. The van der Waals surface area contributed by atoms with Crippen molar-refractivity contribution in [3.63, 3.8) is 0 Å². The Balaban J connectivity index is 2.45. The van der Waals surface area contributed by atoms with Crippen molar-refractivity contribution < 1.29 is 8.78 Å². The molecule has 2 rings (SSSR count). The van der Waals surface area contributed by atoms with E-state index in [0.717, 1.165) is 11.6 Å². The lowest BCUT2D eigenvalue weighted by atomic mass is 10.1. The van der Waals surface area contributed by atoms with E-state index in [4.69, 9.17) is 0 Å².